The smallest absolute Gasteiger partial charge is 0.162 e. The maximum atomic E-state index is 14.3. The molecule has 0 atom stereocenters. The van der Waals surface area contributed by atoms with Gasteiger partial charge in [0.15, 0.2) is 23.1 Å². The molecule has 0 radical (unpaired) electrons. The summed E-state index contributed by atoms with van der Waals surface area (Å²) in [6, 6.07) is 12.2. The van der Waals surface area contributed by atoms with E-state index in [2.05, 4.69) is 32.6 Å². The van der Waals surface area contributed by atoms with Gasteiger partial charge in [0, 0.05) is 67.1 Å². The maximum Gasteiger partial charge on any atom is 0.162 e. The van der Waals surface area contributed by atoms with Gasteiger partial charge in [-0.3, -0.25) is 9.59 Å². The lowest BCUT2D eigenvalue weighted by molar-refractivity contribution is -0.119. The zero-order valence-corrected chi connectivity index (χ0v) is 26.3. The second-order valence-electron chi connectivity index (χ2n) is 13.6. The average Bonchev–Trinajstić information content (AvgIpc) is 2.92. The van der Waals surface area contributed by atoms with Crippen LogP contribution in [0.3, 0.4) is 0 Å². The number of carbonyl (C=O) groups is 2. The molecule has 0 fully saturated rings. The number of ether oxygens (including phenoxy) is 3. The second kappa shape index (κ2) is 12.3. The first-order valence-corrected chi connectivity index (χ1v) is 15.4. The number of halogens is 1. The number of rotatable bonds is 10. The molecule has 230 valence electrons. The van der Waals surface area contributed by atoms with Crippen molar-refractivity contribution in [2.45, 2.75) is 79.2 Å². The predicted octanol–water partition coefficient (Wildman–Crippen LogP) is 7.53. The first-order valence-electron chi connectivity index (χ1n) is 15.4. The highest BCUT2D eigenvalue weighted by Crippen LogP contribution is 2.55. The highest BCUT2D eigenvalue weighted by molar-refractivity contribution is 6.06. The van der Waals surface area contributed by atoms with Gasteiger partial charge < -0.3 is 19.1 Å². The number of methoxy groups -OCH3 is 1. The summed E-state index contributed by atoms with van der Waals surface area (Å²) in [5.74, 6) is 0.378. The molecular weight excluding hydrogens is 545 g/mol. The van der Waals surface area contributed by atoms with Crippen LogP contribution in [0.4, 0.5) is 4.39 Å². The number of ketones is 2. The Balaban J connectivity index is 1.63. The van der Waals surface area contributed by atoms with E-state index >= 15 is 0 Å². The molecule has 2 aromatic rings. The number of hydrogen-bond acceptors (Lipinski definition) is 6. The Morgan fingerprint density at radius 1 is 0.860 bits per heavy atom. The molecule has 0 spiro atoms. The lowest BCUT2D eigenvalue weighted by Gasteiger charge is -2.49. The number of allylic oxidation sites excluding steroid dienone is 4. The monoisotopic (exact) mass is 589 g/mol. The van der Waals surface area contributed by atoms with E-state index in [9.17, 15) is 14.0 Å². The van der Waals surface area contributed by atoms with E-state index in [-0.39, 0.29) is 34.8 Å². The van der Waals surface area contributed by atoms with Crippen molar-refractivity contribution in [3.63, 3.8) is 0 Å². The molecule has 0 saturated carbocycles. The van der Waals surface area contributed by atoms with E-state index in [1.165, 1.54) is 6.07 Å². The number of hydrogen-bond donors (Lipinski definition) is 0. The molecule has 7 heteroatoms. The minimum Gasteiger partial charge on any atom is -0.490 e. The zero-order valence-electron chi connectivity index (χ0n) is 26.3. The molecular formula is C36H44FNO5. The van der Waals surface area contributed by atoms with Gasteiger partial charge in [-0.1, -0.05) is 52.0 Å². The van der Waals surface area contributed by atoms with E-state index < -0.39 is 5.92 Å². The summed E-state index contributed by atoms with van der Waals surface area (Å²) in [6.45, 7) is 12.2. The molecule has 43 heavy (non-hydrogen) atoms. The van der Waals surface area contributed by atoms with Crippen LogP contribution >= 0.6 is 0 Å². The summed E-state index contributed by atoms with van der Waals surface area (Å²) in [5, 5.41) is 0. The summed E-state index contributed by atoms with van der Waals surface area (Å²) in [5.41, 5.74) is 4.43. The summed E-state index contributed by atoms with van der Waals surface area (Å²) < 4.78 is 31.7. The molecule has 5 rings (SSSR count). The lowest BCUT2D eigenvalue weighted by atomic mass is 9.63. The van der Waals surface area contributed by atoms with Crippen molar-refractivity contribution >= 4 is 11.6 Å². The van der Waals surface area contributed by atoms with Crippen molar-refractivity contribution in [3.05, 3.63) is 81.9 Å². The Hall–Kier alpha value is -3.45. The van der Waals surface area contributed by atoms with Crippen molar-refractivity contribution in [2.24, 2.45) is 10.8 Å². The highest BCUT2D eigenvalue weighted by Gasteiger charge is 2.49. The van der Waals surface area contributed by atoms with E-state index in [1.54, 1.807) is 25.3 Å². The zero-order chi connectivity index (χ0) is 30.9. The average molecular weight is 590 g/mol. The number of Topliss-reactive ketones (excluding diaryl/α,β-unsaturated/α-hetero) is 2. The third-order valence-corrected chi connectivity index (χ3v) is 8.69. The van der Waals surface area contributed by atoms with Gasteiger partial charge in [0.1, 0.15) is 12.4 Å². The molecule has 0 saturated heterocycles. The van der Waals surface area contributed by atoms with Gasteiger partial charge in [0.05, 0.1) is 6.61 Å². The quantitative estimate of drug-likeness (QED) is 0.267. The molecule has 2 aliphatic carbocycles. The van der Waals surface area contributed by atoms with Crippen LogP contribution < -0.4 is 9.47 Å². The predicted molar refractivity (Wildman–Crippen MR) is 164 cm³/mol. The van der Waals surface area contributed by atoms with Crippen molar-refractivity contribution in [2.75, 3.05) is 26.9 Å². The van der Waals surface area contributed by atoms with E-state index in [0.717, 1.165) is 47.4 Å². The van der Waals surface area contributed by atoms with Gasteiger partial charge in [-0.2, -0.15) is 0 Å². The molecule has 1 heterocycles. The van der Waals surface area contributed by atoms with Crippen LogP contribution in [-0.2, 0) is 20.9 Å². The molecule has 0 N–H and O–H groups in total. The minimum atomic E-state index is -0.476. The van der Waals surface area contributed by atoms with E-state index in [0.29, 0.717) is 49.7 Å². The SMILES string of the molecule is CCOc1cc(C2C3=C(CC(C)(C)CC3=O)N(CCCOC)C3=C2C(=O)CC(C)(C)C3)ccc1OCc1ccccc1F. The number of nitrogens with zero attached hydrogens (tertiary/aromatic N) is 1. The van der Waals surface area contributed by atoms with Crippen LogP contribution in [0.1, 0.15) is 83.8 Å². The van der Waals surface area contributed by atoms with Crippen molar-refractivity contribution in [1.29, 1.82) is 0 Å². The Bertz CT molecular complexity index is 1420. The number of carbonyl (C=O) groups excluding carboxylic acids is 2. The Morgan fingerprint density at radius 2 is 1.49 bits per heavy atom. The molecule has 3 aliphatic rings. The summed E-state index contributed by atoms with van der Waals surface area (Å²) in [4.78, 5) is 30.4. The van der Waals surface area contributed by atoms with Gasteiger partial charge in [-0.25, -0.2) is 4.39 Å². The lowest BCUT2D eigenvalue weighted by Crippen LogP contribution is -2.44. The standard InChI is InChI=1S/C36H44FNO5/c1-7-42-31-17-23(13-14-30(31)43-22-24-11-8-9-12-25(24)37)32-33-26(18-35(2,3)20-28(33)39)38(15-10-16-41-6)27-19-36(4,5)21-29(40)34(27)32/h8-9,11-14,17,32H,7,10,15-16,18-22H2,1-6H3. The van der Waals surface area contributed by atoms with Gasteiger partial charge in [-0.05, 0) is 60.8 Å². The highest BCUT2D eigenvalue weighted by atomic mass is 19.1. The topological polar surface area (TPSA) is 65.1 Å². The van der Waals surface area contributed by atoms with Crippen LogP contribution in [0.15, 0.2) is 65.0 Å². The number of benzene rings is 2. The van der Waals surface area contributed by atoms with E-state index in [4.69, 9.17) is 14.2 Å². The first kappa shape index (κ1) is 31.0. The summed E-state index contributed by atoms with van der Waals surface area (Å²) >= 11 is 0. The maximum absolute atomic E-state index is 14.3. The molecule has 1 aliphatic heterocycles. The van der Waals surface area contributed by atoms with Crippen molar-refractivity contribution in [3.8, 4) is 11.5 Å². The Labute approximate surface area is 254 Å². The Morgan fingerprint density at radius 3 is 2.07 bits per heavy atom. The molecule has 6 nitrogen and oxygen atoms in total. The Kier molecular flexibility index (Phi) is 8.85. The molecule has 0 aromatic heterocycles. The largest absolute Gasteiger partial charge is 0.490 e. The molecule has 0 bridgehead atoms. The third-order valence-electron chi connectivity index (χ3n) is 8.69. The van der Waals surface area contributed by atoms with Gasteiger partial charge in [0.25, 0.3) is 0 Å². The van der Waals surface area contributed by atoms with Gasteiger partial charge in [-0.15, -0.1) is 0 Å². The minimum absolute atomic E-state index is 0.0533. The van der Waals surface area contributed by atoms with Gasteiger partial charge >= 0.3 is 0 Å². The normalized spacial score (nSPS) is 19.8. The third kappa shape index (κ3) is 6.42. The first-order chi connectivity index (χ1) is 20.4. The molecule has 2 aromatic carbocycles. The fraction of sp³-hybridized carbons (Fsp3) is 0.500. The fourth-order valence-electron chi connectivity index (χ4n) is 6.88. The summed E-state index contributed by atoms with van der Waals surface area (Å²) in [6.07, 6.45) is 3.16. The van der Waals surface area contributed by atoms with Gasteiger partial charge in [0.2, 0.25) is 0 Å². The van der Waals surface area contributed by atoms with Crippen LogP contribution in [0.25, 0.3) is 0 Å². The van der Waals surface area contributed by atoms with Crippen LogP contribution in [0, 0.1) is 16.6 Å². The van der Waals surface area contributed by atoms with Crippen LogP contribution in [0.2, 0.25) is 0 Å². The molecule has 0 unspecified atom stereocenters. The van der Waals surface area contributed by atoms with Crippen LogP contribution in [0.5, 0.6) is 11.5 Å². The summed E-state index contributed by atoms with van der Waals surface area (Å²) in [7, 11) is 1.70. The fourth-order valence-corrected chi connectivity index (χ4v) is 6.88. The van der Waals surface area contributed by atoms with Crippen LogP contribution in [-0.4, -0.2) is 43.3 Å². The molecule has 0 amide bonds. The van der Waals surface area contributed by atoms with Crippen molar-refractivity contribution < 1.29 is 28.2 Å². The second-order valence-corrected chi connectivity index (χ2v) is 13.6. The van der Waals surface area contributed by atoms with Crippen molar-refractivity contribution in [1.82, 2.24) is 4.90 Å². The van der Waals surface area contributed by atoms with E-state index in [1.807, 2.05) is 25.1 Å².